The third-order valence-corrected chi connectivity index (χ3v) is 5.36. The number of likely N-dealkylation sites (N-methyl/N-ethyl adjacent to an activating group) is 2. The van der Waals surface area contributed by atoms with Crippen molar-refractivity contribution in [3.63, 3.8) is 0 Å². The van der Waals surface area contributed by atoms with E-state index in [0.717, 1.165) is 10.5 Å². The number of aromatic hydroxyl groups is 1. The van der Waals surface area contributed by atoms with Crippen molar-refractivity contribution in [2.24, 2.45) is 15.2 Å². The number of benzene rings is 1. The number of rotatable bonds is 3. The van der Waals surface area contributed by atoms with E-state index in [-0.39, 0.29) is 12.5 Å². The molecule has 32 heavy (non-hydrogen) atoms. The van der Waals surface area contributed by atoms with Gasteiger partial charge in [0.05, 0.1) is 6.54 Å². The zero-order valence-corrected chi connectivity index (χ0v) is 17.6. The molecule has 0 aliphatic carbocycles. The highest BCUT2D eigenvalue weighted by Crippen LogP contribution is 2.29. The predicted molar refractivity (Wildman–Crippen MR) is 112 cm³/mol. The molecular weight excluding hydrogens is 444 g/mol. The molecule has 3 amide bonds. The largest absolute Gasteiger partial charge is 0.493 e. The van der Waals surface area contributed by atoms with E-state index in [4.69, 9.17) is 11.6 Å². The van der Waals surface area contributed by atoms with Crippen LogP contribution in [0.15, 0.2) is 49.1 Å². The summed E-state index contributed by atoms with van der Waals surface area (Å²) in [7, 11) is 3.05. The first kappa shape index (κ1) is 21.2. The van der Waals surface area contributed by atoms with Crippen molar-refractivity contribution in [3.05, 3.63) is 55.7 Å². The molecule has 1 saturated heterocycles. The van der Waals surface area contributed by atoms with Gasteiger partial charge in [-0.25, -0.2) is 14.6 Å². The number of hydrogen-bond acceptors (Lipinski definition) is 9. The van der Waals surface area contributed by atoms with Crippen LogP contribution in [0.5, 0.6) is 5.88 Å². The Labute approximate surface area is 184 Å². The first-order valence-electron chi connectivity index (χ1n) is 9.28. The average Bonchev–Trinajstić information content (AvgIpc) is 3.07. The number of carbonyl (C=O) groups excluding carboxylic acids is 2. The number of hydrogen-bond donors (Lipinski definition) is 3. The molecule has 0 radical (unpaired) electrons. The number of aromatic amines is 2. The minimum Gasteiger partial charge on any atom is -0.493 e. The molecular formula is C18H17ClN8O5. The van der Waals surface area contributed by atoms with Gasteiger partial charge in [0, 0.05) is 19.1 Å². The van der Waals surface area contributed by atoms with Crippen LogP contribution in [0.2, 0.25) is 5.02 Å². The second-order valence-corrected chi connectivity index (χ2v) is 7.58. The van der Waals surface area contributed by atoms with Gasteiger partial charge in [0.2, 0.25) is 17.5 Å². The van der Waals surface area contributed by atoms with Crippen LogP contribution in [0.3, 0.4) is 0 Å². The smallest absolute Gasteiger partial charge is 0.328 e. The summed E-state index contributed by atoms with van der Waals surface area (Å²) >= 11 is 5.89. The number of carbonyl (C=O) groups is 2. The Hall–Kier alpha value is -4.00. The van der Waals surface area contributed by atoms with E-state index in [0.29, 0.717) is 5.02 Å². The van der Waals surface area contributed by atoms with Crippen molar-refractivity contribution in [2.45, 2.75) is 18.8 Å². The summed E-state index contributed by atoms with van der Waals surface area (Å²) in [5.74, 6) is -1.28. The number of urea groups is 1. The second-order valence-electron chi connectivity index (χ2n) is 7.15. The zero-order chi connectivity index (χ0) is 23.2. The van der Waals surface area contributed by atoms with Crippen LogP contribution < -0.4 is 11.2 Å². The summed E-state index contributed by atoms with van der Waals surface area (Å²) in [5.41, 5.74) is -1.67. The van der Waals surface area contributed by atoms with Gasteiger partial charge in [-0.1, -0.05) is 23.7 Å². The Bertz CT molecular complexity index is 1270. The van der Waals surface area contributed by atoms with E-state index in [2.05, 4.69) is 15.2 Å². The Morgan fingerprint density at radius 1 is 1.06 bits per heavy atom. The number of nitrogens with zero attached hydrogens (tertiary/aromatic N) is 6. The maximum absolute atomic E-state index is 13.1. The van der Waals surface area contributed by atoms with Gasteiger partial charge in [-0.05, 0) is 17.7 Å². The van der Waals surface area contributed by atoms with Crippen LogP contribution >= 0.6 is 11.6 Å². The Kier molecular flexibility index (Phi) is 5.26. The summed E-state index contributed by atoms with van der Waals surface area (Å²) < 4.78 is 0. The van der Waals surface area contributed by atoms with E-state index < -0.39 is 47.0 Å². The van der Waals surface area contributed by atoms with Gasteiger partial charge in [-0.2, -0.15) is 0 Å². The van der Waals surface area contributed by atoms with E-state index >= 15 is 0 Å². The summed E-state index contributed by atoms with van der Waals surface area (Å²) in [5, 5.41) is 17.7. The molecule has 2 aliphatic rings. The highest BCUT2D eigenvalue weighted by Gasteiger charge is 2.51. The fourth-order valence-corrected chi connectivity index (χ4v) is 3.55. The zero-order valence-electron chi connectivity index (χ0n) is 16.8. The molecule has 2 aromatic rings. The summed E-state index contributed by atoms with van der Waals surface area (Å²) in [4.78, 5) is 60.9. The van der Waals surface area contributed by atoms with Gasteiger partial charge in [-0.15, -0.1) is 10.2 Å². The molecule has 0 bridgehead atoms. The molecule has 2 atom stereocenters. The van der Waals surface area contributed by atoms with Crippen LogP contribution in [0.4, 0.5) is 10.5 Å². The number of halogens is 1. The van der Waals surface area contributed by atoms with Crippen LogP contribution in [0.25, 0.3) is 0 Å². The number of azo groups is 1. The Balaban J connectivity index is 1.60. The lowest BCUT2D eigenvalue weighted by Crippen LogP contribution is -2.64. The highest BCUT2D eigenvalue weighted by atomic mass is 35.5. The first-order chi connectivity index (χ1) is 15.2. The third-order valence-electron chi connectivity index (χ3n) is 5.10. The Morgan fingerprint density at radius 3 is 2.41 bits per heavy atom. The molecule has 14 heteroatoms. The highest BCUT2D eigenvalue weighted by molar-refractivity contribution is 6.30. The molecule has 3 N–H and O–H groups in total. The minimum atomic E-state index is -0.953. The number of amides is 3. The van der Waals surface area contributed by atoms with Crippen LogP contribution in [0.1, 0.15) is 5.56 Å². The van der Waals surface area contributed by atoms with Gasteiger partial charge >= 0.3 is 11.7 Å². The fraction of sp³-hybridized carbons (Fsp3) is 0.278. The SMILES string of the molecule is CN1C(=O)N(Cc2ccc(Cl)cc2)C(=O)C2C1N=C(N=Nc1c(O)[nH]c(=O)[nH]c1=O)N2C. The number of fused-ring (bicyclic) bond motifs is 1. The second kappa shape index (κ2) is 7.92. The minimum absolute atomic E-state index is 0.0358. The third kappa shape index (κ3) is 3.62. The van der Waals surface area contributed by atoms with Crippen molar-refractivity contribution in [1.29, 1.82) is 0 Å². The van der Waals surface area contributed by atoms with E-state index in [1.807, 2.05) is 9.97 Å². The average molecular weight is 461 g/mol. The van der Waals surface area contributed by atoms with Crippen molar-refractivity contribution < 1.29 is 14.7 Å². The molecule has 2 unspecified atom stereocenters. The number of H-pyrrole nitrogens is 2. The van der Waals surface area contributed by atoms with Crippen molar-refractivity contribution in [2.75, 3.05) is 14.1 Å². The van der Waals surface area contributed by atoms with Gasteiger partial charge in [0.1, 0.15) is 0 Å². The van der Waals surface area contributed by atoms with E-state index in [9.17, 15) is 24.3 Å². The molecule has 2 aliphatic heterocycles. The van der Waals surface area contributed by atoms with Crippen molar-refractivity contribution in [1.82, 2.24) is 24.7 Å². The molecule has 3 heterocycles. The number of aromatic nitrogens is 2. The fourth-order valence-electron chi connectivity index (χ4n) is 3.42. The molecule has 1 aromatic carbocycles. The summed E-state index contributed by atoms with van der Waals surface area (Å²) in [6, 6.07) is 5.38. The molecule has 13 nitrogen and oxygen atoms in total. The van der Waals surface area contributed by atoms with Crippen molar-refractivity contribution >= 4 is 35.2 Å². The number of nitrogens with one attached hydrogen (secondary N) is 2. The molecule has 1 aromatic heterocycles. The molecule has 166 valence electrons. The first-order valence-corrected chi connectivity index (χ1v) is 9.65. The van der Waals surface area contributed by atoms with Crippen molar-refractivity contribution in [3.8, 4) is 5.88 Å². The van der Waals surface area contributed by atoms with Gasteiger partial charge in [0.15, 0.2) is 12.2 Å². The standard InChI is InChI=1S/C18H17ClN8O5/c1-25-11-12(20-16(25)24-23-10-13(28)21-17(31)22-14(10)29)26(2)18(32)27(15(11)30)7-8-3-5-9(19)6-4-8/h3-6,11-12H,7H2,1-2H3,(H3,21,22,28,29,31). The van der Waals surface area contributed by atoms with Gasteiger partial charge < -0.3 is 14.9 Å². The summed E-state index contributed by atoms with van der Waals surface area (Å²) in [6.45, 7) is 0.0493. The van der Waals surface area contributed by atoms with Crippen LogP contribution in [0, 0.1) is 0 Å². The maximum Gasteiger partial charge on any atom is 0.328 e. The molecule has 1 fully saturated rings. The lowest BCUT2D eigenvalue weighted by molar-refractivity contribution is -0.137. The maximum atomic E-state index is 13.1. The summed E-state index contributed by atoms with van der Waals surface area (Å²) in [6.07, 6.45) is -0.849. The van der Waals surface area contributed by atoms with Gasteiger partial charge in [0.25, 0.3) is 11.5 Å². The molecule has 4 rings (SSSR count). The number of imide groups is 1. The lowest BCUT2D eigenvalue weighted by atomic mass is 10.1. The quantitative estimate of drug-likeness (QED) is 0.567. The van der Waals surface area contributed by atoms with E-state index in [1.165, 1.54) is 16.8 Å². The molecule has 0 saturated carbocycles. The lowest BCUT2D eigenvalue weighted by Gasteiger charge is -2.40. The van der Waals surface area contributed by atoms with Gasteiger partial charge in [-0.3, -0.25) is 24.5 Å². The number of guanidine groups is 1. The monoisotopic (exact) mass is 460 g/mol. The Morgan fingerprint density at radius 2 is 1.75 bits per heavy atom. The van der Waals surface area contributed by atoms with E-state index in [1.54, 1.807) is 31.3 Å². The normalized spacial score (nSPS) is 20.8. The predicted octanol–water partition coefficient (Wildman–Crippen LogP) is 0.596. The molecule has 0 spiro atoms. The topological polar surface area (TPSA) is 167 Å². The number of aliphatic imine (C=N–C) groups is 1. The van der Waals surface area contributed by atoms with Crippen LogP contribution in [-0.2, 0) is 11.3 Å². The van der Waals surface area contributed by atoms with Crippen LogP contribution in [-0.4, -0.2) is 74.0 Å².